The predicted octanol–water partition coefficient (Wildman–Crippen LogP) is 9.29. The minimum atomic E-state index is -4.79. The molecule has 0 aromatic rings. The van der Waals surface area contributed by atoms with Crippen LogP contribution >= 0.6 is 15.6 Å². The van der Waals surface area contributed by atoms with Crippen molar-refractivity contribution in [2.24, 2.45) is 0 Å². The van der Waals surface area contributed by atoms with Gasteiger partial charge in [0, 0.05) is 72.0 Å². The molecule has 2 unspecified atom stereocenters. The van der Waals surface area contributed by atoms with E-state index in [1.54, 1.807) is 0 Å². The Morgan fingerprint density at radius 2 is 0.688 bits per heavy atom. The molecule has 0 bridgehead atoms. The monoisotopic (exact) mass is 970 g/mol. The van der Waals surface area contributed by atoms with Crippen LogP contribution in [0.15, 0.2) is 48.6 Å². The Balaban J connectivity index is -0.0000186. The van der Waals surface area contributed by atoms with Crippen LogP contribution in [0.5, 0.6) is 0 Å². The van der Waals surface area contributed by atoms with E-state index in [-0.39, 0.29) is 72.0 Å². The minimum absolute atomic E-state index is 0. The van der Waals surface area contributed by atoms with E-state index >= 15 is 0 Å². The summed E-state index contributed by atoms with van der Waals surface area (Å²) < 4.78 is 52.9. The van der Waals surface area contributed by atoms with Gasteiger partial charge < -0.3 is 34.6 Å². The van der Waals surface area contributed by atoms with Crippen LogP contribution in [0.2, 0.25) is 0 Å². The molecule has 4 atom stereocenters. The number of ether oxygens (including phenoxy) is 2. The van der Waals surface area contributed by atoms with Crippen molar-refractivity contribution in [2.45, 2.75) is 186 Å². The van der Waals surface area contributed by atoms with Crippen molar-refractivity contribution >= 4 is 86.7 Å². The van der Waals surface area contributed by atoms with Gasteiger partial charge in [0.15, 0.2) is 0 Å². The number of hydrogen-bond donors (Lipinski definition) is 5. The second kappa shape index (κ2) is 48.0. The molecule has 0 saturated heterocycles. The number of phosphoric acid groups is 2. The van der Waals surface area contributed by atoms with Crippen molar-refractivity contribution in [3.63, 3.8) is 0 Å². The van der Waals surface area contributed by atoms with E-state index in [9.17, 15) is 43.8 Å². The van der Waals surface area contributed by atoms with Crippen molar-refractivity contribution in [3.8, 4) is 0 Å². The Hall–Kier alpha value is 0. The molecule has 0 aromatic heterocycles. The molecule has 364 valence electrons. The van der Waals surface area contributed by atoms with Gasteiger partial charge in [-0.2, -0.15) is 0 Å². The summed E-state index contributed by atoms with van der Waals surface area (Å²) >= 11 is 0. The summed E-state index contributed by atoms with van der Waals surface area (Å²) in [5.41, 5.74) is 0. The summed E-state index contributed by atoms with van der Waals surface area (Å²) in [5.74, 6) is -1.02. The summed E-state index contributed by atoms with van der Waals surface area (Å²) in [6.07, 6.45) is 36.7. The minimum Gasteiger partial charge on any atom is -0.463 e. The van der Waals surface area contributed by atoms with Crippen LogP contribution in [-0.4, -0.2) is 154 Å². The Labute approximate surface area is 429 Å². The average Bonchev–Trinajstić information content (AvgIpc) is 3.24. The zero-order chi connectivity index (χ0) is 46.0. The number of aliphatic hydroxyl groups excluding tert-OH is 3. The summed E-state index contributed by atoms with van der Waals surface area (Å²) in [5, 5.41) is 30.0. The quantitative estimate of drug-likeness (QED) is 0.0126. The predicted molar refractivity (Wildman–Crippen MR) is 254 cm³/mol. The summed E-state index contributed by atoms with van der Waals surface area (Å²) in [7, 11) is -9.57. The smallest absolute Gasteiger partial charge is 0.463 e. The van der Waals surface area contributed by atoms with E-state index in [0.29, 0.717) is 12.8 Å². The molecule has 0 saturated carbocycles. The van der Waals surface area contributed by atoms with E-state index in [4.69, 9.17) is 9.47 Å². The second-order valence-electron chi connectivity index (χ2n) is 15.4. The summed E-state index contributed by atoms with van der Waals surface area (Å²) in [6, 6.07) is 0. The number of esters is 2. The van der Waals surface area contributed by atoms with E-state index in [2.05, 4.69) is 80.6 Å². The molecule has 0 spiro atoms. The van der Waals surface area contributed by atoms with Crippen molar-refractivity contribution < 1.29 is 71.4 Å². The van der Waals surface area contributed by atoms with Crippen LogP contribution in [0.4, 0.5) is 0 Å². The largest absolute Gasteiger partial charge is 0.472 e. The SMILES string of the molecule is CCCCC/C=C\C/C=C\CCCCCCCC(=O)OC[C@@H](O)COP(=O)(O)OCC(O)COP(=O)(O)OC[C@H](O)COC(=O)CCCCCCC/C=C\C/C=C\CCCCC.[Na].[Na]. The third-order valence-electron chi connectivity index (χ3n) is 9.26. The number of hydrogen-bond acceptors (Lipinski definition) is 13. The first-order valence-corrected chi connectivity index (χ1v) is 26.0. The van der Waals surface area contributed by atoms with Gasteiger partial charge in [0.25, 0.3) is 0 Å². The van der Waals surface area contributed by atoms with Crippen LogP contribution in [0.3, 0.4) is 0 Å². The zero-order valence-corrected chi connectivity index (χ0v) is 45.6. The summed E-state index contributed by atoms with van der Waals surface area (Å²) in [4.78, 5) is 43.7. The topological polar surface area (TPSA) is 225 Å². The Morgan fingerprint density at radius 3 is 1.00 bits per heavy atom. The average molecular weight is 971 g/mol. The van der Waals surface area contributed by atoms with Gasteiger partial charge in [-0.05, 0) is 77.0 Å². The molecule has 0 aliphatic carbocycles. The molecule has 2 radical (unpaired) electrons. The van der Waals surface area contributed by atoms with Crippen LogP contribution in [-0.2, 0) is 46.3 Å². The van der Waals surface area contributed by atoms with Crippen molar-refractivity contribution in [1.82, 2.24) is 0 Å². The molecule has 0 fully saturated rings. The fraction of sp³-hybridized carbons (Fsp3) is 0.778. The number of phosphoric ester groups is 2. The van der Waals surface area contributed by atoms with E-state index in [0.717, 1.165) is 89.9 Å². The fourth-order valence-electron chi connectivity index (χ4n) is 5.62. The number of allylic oxidation sites excluding steroid dienone is 8. The molecular formula is C45H82Na2O15P2. The van der Waals surface area contributed by atoms with Crippen LogP contribution in [0.25, 0.3) is 0 Å². The van der Waals surface area contributed by atoms with Crippen molar-refractivity contribution in [3.05, 3.63) is 48.6 Å². The first-order chi connectivity index (χ1) is 29.8. The molecule has 0 amide bonds. The van der Waals surface area contributed by atoms with Gasteiger partial charge in [0.05, 0.1) is 26.4 Å². The van der Waals surface area contributed by atoms with Gasteiger partial charge in [-0.15, -0.1) is 0 Å². The molecule has 64 heavy (non-hydrogen) atoms. The van der Waals surface area contributed by atoms with Gasteiger partial charge in [-0.1, -0.05) is 127 Å². The van der Waals surface area contributed by atoms with Gasteiger partial charge >= 0.3 is 27.6 Å². The van der Waals surface area contributed by atoms with Crippen LogP contribution in [0, 0.1) is 0 Å². The molecule has 0 aliphatic heterocycles. The standard InChI is InChI=1S/C45H82O15P2.2Na/c1-3-5-7-9-11-13-15-17-19-21-23-25-27-29-31-33-44(49)55-35-41(46)37-57-61(51,52)59-39-43(48)40-60-62(53,54)58-38-42(47)36-56-45(50)34-32-30-28-26-24-22-20-18-16-14-12-10-8-6-4-2;;/h11-14,17-20,41-43,46-48H,3-10,15-16,21-40H2,1-2H3,(H,51,52)(H,53,54);;/b13-11-,14-12-,19-17-,20-18-;;/t41-,42-;;/m1../s1. The number of aliphatic hydroxyl groups is 3. The summed E-state index contributed by atoms with van der Waals surface area (Å²) in [6.45, 7) is 0.321. The Kier molecular flexibility index (Phi) is 51.2. The molecule has 15 nitrogen and oxygen atoms in total. The third-order valence-corrected chi connectivity index (χ3v) is 11.2. The maximum Gasteiger partial charge on any atom is 0.472 e. The molecule has 0 aromatic carbocycles. The van der Waals surface area contributed by atoms with E-state index < -0.39 is 85.5 Å². The van der Waals surface area contributed by atoms with Gasteiger partial charge in [-0.25, -0.2) is 9.13 Å². The Morgan fingerprint density at radius 1 is 0.422 bits per heavy atom. The molecule has 5 N–H and O–H groups in total. The Bertz CT molecular complexity index is 1220. The number of unbranched alkanes of at least 4 members (excludes halogenated alkanes) is 16. The fourth-order valence-corrected chi connectivity index (χ4v) is 7.21. The normalized spacial score (nSPS) is 15.2. The molecule has 19 heteroatoms. The van der Waals surface area contributed by atoms with Crippen LogP contribution in [0.1, 0.15) is 168 Å². The molecule has 0 heterocycles. The maximum atomic E-state index is 12.1. The molecule has 0 aliphatic rings. The van der Waals surface area contributed by atoms with Crippen molar-refractivity contribution in [1.29, 1.82) is 0 Å². The van der Waals surface area contributed by atoms with Crippen molar-refractivity contribution in [2.75, 3.05) is 39.6 Å². The van der Waals surface area contributed by atoms with E-state index in [1.165, 1.54) is 38.5 Å². The third kappa shape index (κ3) is 49.9. The zero-order valence-electron chi connectivity index (χ0n) is 39.8. The van der Waals surface area contributed by atoms with Gasteiger partial charge in [-0.3, -0.25) is 27.7 Å². The van der Waals surface area contributed by atoms with E-state index in [1.807, 2.05) is 0 Å². The van der Waals surface area contributed by atoms with Crippen LogP contribution < -0.4 is 0 Å². The molecule has 0 rings (SSSR count). The van der Waals surface area contributed by atoms with Gasteiger partial charge in [0.2, 0.25) is 0 Å². The number of carbonyl (C=O) groups is 2. The second-order valence-corrected chi connectivity index (χ2v) is 18.3. The maximum absolute atomic E-state index is 12.1. The molecular weight excluding hydrogens is 888 g/mol. The number of carbonyl (C=O) groups excluding carboxylic acids is 2. The van der Waals surface area contributed by atoms with Gasteiger partial charge in [0.1, 0.15) is 31.5 Å². The first kappa shape index (κ1) is 68.3. The number of rotatable bonds is 44. The first-order valence-electron chi connectivity index (χ1n) is 23.0.